The topological polar surface area (TPSA) is 147 Å². The van der Waals surface area contributed by atoms with Gasteiger partial charge in [0.05, 0.1) is 17.7 Å². The molecule has 5 atom stereocenters. The molecule has 1 aliphatic heterocycles. The molecule has 0 bridgehead atoms. The fourth-order valence-corrected chi connectivity index (χ4v) is 5.48. The molecule has 45 heavy (non-hydrogen) atoms. The van der Waals surface area contributed by atoms with Crippen molar-refractivity contribution >= 4 is 23.9 Å². The maximum atomic E-state index is 12.5. The van der Waals surface area contributed by atoms with Crippen LogP contribution in [-0.4, -0.2) is 61.0 Å². The Morgan fingerprint density at radius 3 is 1.98 bits per heavy atom. The van der Waals surface area contributed by atoms with Gasteiger partial charge in [-0.3, -0.25) is 19.2 Å². The van der Waals surface area contributed by atoms with E-state index in [1.807, 2.05) is 24.3 Å². The van der Waals surface area contributed by atoms with Crippen LogP contribution in [0.3, 0.4) is 0 Å². The van der Waals surface area contributed by atoms with Crippen molar-refractivity contribution < 1.29 is 47.6 Å². The molecule has 1 aliphatic carbocycles. The first-order valence-corrected chi connectivity index (χ1v) is 15.1. The molecule has 2 fully saturated rings. The minimum atomic E-state index is -1.33. The Morgan fingerprint density at radius 1 is 0.844 bits per heavy atom. The Balaban J connectivity index is 1.87. The lowest BCUT2D eigenvalue weighted by Gasteiger charge is -2.45. The predicted molar refractivity (Wildman–Crippen MR) is 159 cm³/mol. The van der Waals surface area contributed by atoms with Crippen LogP contribution in [-0.2, 0) is 55.7 Å². The SMILES string of the molecule is CCc1ccc(Cc2cc([C@@H]3O[C@H](COC(C)=O)[C@@H](OC(C)=O)[C@H](OC(C)=O)[C@H]3OC(C)=O)c(OC3CCC3)cc2C#N)cc1. The van der Waals surface area contributed by atoms with Gasteiger partial charge in [0.25, 0.3) is 0 Å². The summed E-state index contributed by atoms with van der Waals surface area (Å²) in [7, 11) is 0. The first-order chi connectivity index (χ1) is 21.5. The van der Waals surface area contributed by atoms with Crippen molar-refractivity contribution in [2.24, 2.45) is 0 Å². The van der Waals surface area contributed by atoms with Gasteiger partial charge in [-0.1, -0.05) is 31.2 Å². The third kappa shape index (κ3) is 8.60. The lowest BCUT2D eigenvalue weighted by molar-refractivity contribution is -0.254. The van der Waals surface area contributed by atoms with E-state index in [0.29, 0.717) is 28.9 Å². The van der Waals surface area contributed by atoms with E-state index in [1.54, 1.807) is 12.1 Å². The fourth-order valence-electron chi connectivity index (χ4n) is 5.48. The zero-order valence-corrected chi connectivity index (χ0v) is 26.2. The molecule has 0 unspecified atom stereocenters. The summed E-state index contributed by atoms with van der Waals surface area (Å²) < 4.78 is 35.0. The first-order valence-electron chi connectivity index (χ1n) is 15.1. The van der Waals surface area contributed by atoms with Crippen LogP contribution in [0, 0.1) is 11.3 Å². The van der Waals surface area contributed by atoms with Crippen LogP contribution in [0.2, 0.25) is 0 Å². The molecule has 11 nitrogen and oxygen atoms in total. The summed E-state index contributed by atoms with van der Waals surface area (Å²) >= 11 is 0. The van der Waals surface area contributed by atoms with Crippen LogP contribution in [0.1, 0.15) is 87.8 Å². The monoisotopic (exact) mass is 621 g/mol. The number of nitrogens with zero attached hydrogens (tertiary/aromatic N) is 1. The number of carbonyl (C=O) groups is 4. The molecule has 11 heteroatoms. The van der Waals surface area contributed by atoms with Gasteiger partial charge in [0.2, 0.25) is 0 Å². The number of hydrogen-bond donors (Lipinski definition) is 0. The average Bonchev–Trinajstić information content (AvgIpc) is 2.96. The predicted octanol–water partition coefficient (Wildman–Crippen LogP) is 4.44. The van der Waals surface area contributed by atoms with Crippen molar-refractivity contribution in [1.82, 2.24) is 0 Å². The maximum absolute atomic E-state index is 12.5. The zero-order chi connectivity index (χ0) is 32.7. The van der Waals surface area contributed by atoms with Crippen molar-refractivity contribution in [2.45, 2.75) is 103 Å². The number of rotatable bonds is 11. The summed E-state index contributed by atoms with van der Waals surface area (Å²) in [5.41, 5.74) is 3.67. The summed E-state index contributed by atoms with van der Waals surface area (Å²) in [5.74, 6) is -2.38. The lowest BCUT2D eigenvalue weighted by Crippen LogP contribution is -2.59. The minimum absolute atomic E-state index is 0.0894. The van der Waals surface area contributed by atoms with Crippen LogP contribution in [0.15, 0.2) is 36.4 Å². The average molecular weight is 622 g/mol. The number of carbonyl (C=O) groups excluding carboxylic acids is 4. The number of aryl methyl sites for hydroxylation is 1. The van der Waals surface area contributed by atoms with Crippen LogP contribution in [0.5, 0.6) is 5.75 Å². The van der Waals surface area contributed by atoms with Crippen LogP contribution >= 0.6 is 0 Å². The number of nitriles is 1. The molecule has 4 rings (SSSR count). The lowest BCUT2D eigenvalue weighted by atomic mass is 9.87. The van der Waals surface area contributed by atoms with Gasteiger partial charge in [-0.2, -0.15) is 5.26 Å². The van der Waals surface area contributed by atoms with Crippen molar-refractivity contribution in [1.29, 1.82) is 5.26 Å². The molecule has 1 saturated heterocycles. The Kier molecular flexibility index (Phi) is 11.2. The number of esters is 4. The smallest absolute Gasteiger partial charge is 0.303 e. The zero-order valence-electron chi connectivity index (χ0n) is 26.2. The molecule has 0 amide bonds. The van der Waals surface area contributed by atoms with E-state index in [0.717, 1.165) is 31.2 Å². The molecule has 1 saturated carbocycles. The van der Waals surface area contributed by atoms with Gasteiger partial charge in [0.15, 0.2) is 18.3 Å². The van der Waals surface area contributed by atoms with Gasteiger partial charge in [0.1, 0.15) is 24.6 Å². The van der Waals surface area contributed by atoms with Crippen LogP contribution < -0.4 is 4.74 Å². The maximum Gasteiger partial charge on any atom is 0.303 e. The highest BCUT2D eigenvalue weighted by Gasteiger charge is 2.53. The van der Waals surface area contributed by atoms with Gasteiger partial charge in [-0.25, -0.2) is 0 Å². The summed E-state index contributed by atoms with van der Waals surface area (Å²) in [4.78, 5) is 48.8. The van der Waals surface area contributed by atoms with E-state index in [2.05, 4.69) is 13.0 Å². The molecule has 2 aliphatic rings. The van der Waals surface area contributed by atoms with Gasteiger partial charge < -0.3 is 28.4 Å². The number of ether oxygens (including phenoxy) is 6. The van der Waals surface area contributed by atoms with Gasteiger partial charge >= 0.3 is 23.9 Å². The Bertz CT molecular complexity index is 1440. The number of hydrogen-bond acceptors (Lipinski definition) is 11. The van der Waals surface area contributed by atoms with Gasteiger partial charge in [-0.05, 0) is 60.9 Å². The van der Waals surface area contributed by atoms with Crippen molar-refractivity contribution in [3.8, 4) is 11.8 Å². The van der Waals surface area contributed by atoms with Gasteiger partial charge in [-0.15, -0.1) is 0 Å². The second-order valence-electron chi connectivity index (χ2n) is 11.3. The molecule has 0 aromatic heterocycles. The van der Waals surface area contributed by atoms with Crippen molar-refractivity contribution in [3.05, 3.63) is 64.2 Å². The first kappa shape index (κ1) is 33.5. The molecular formula is C34H39NO10. The van der Waals surface area contributed by atoms with E-state index in [-0.39, 0.29) is 12.7 Å². The second kappa shape index (κ2) is 15.0. The second-order valence-corrected chi connectivity index (χ2v) is 11.3. The molecule has 0 radical (unpaired) electrons. The third-order valence-electron chi connectivity index (χ3n) is 7.83. The molecule has 0 N–H and O–H groups in total. The van der Waals surface area contributed by atoms with Crippen LogP contribution in [0.4, 0.5) is 0 Å². The van der Waals surface area contributed by atoms with E-state index >= 15 is 0 Å². The quantitative estimate of drug-likeness (QED) is 0.259. The summed E-state index contributed by atoms with van der Waals surface area (Å²) in [6, 6.07) is 13.8. The fraction of sp³-hybridized carbons (Fsp3) is 0.500. The van der Waals surface area contributed by atoms with E-state index in [9.17, 15) is 24.4 Å². The van der Waals surface area contributed by atoms with E-state index in [1.165, 1.54) is 33.3 Å². The highest BCUT2D eigenvalue weighted by Crippen LogP contribution is 2.43. The summed E-state index contributed by atoms with van der Waals surface area (Å²) in [6.07, 6.45) is -2.29. The minimum Gasteiger partial charge on any atom is -0.490 e. The Labute approximate surface area is 262 Å². The standard InChI is InChI=1S/C34H39NO10/c1-6-23-10-12-24(13-11-23)14-25-15-28(29(16-26(25)17-35)44-27-8-7-9-27)31-33(42-21(4)38)34(43-22(5)39)32(41-20(3)37)30(45-31)18-40-19(2)36/h10-13,15-16,27,30-34H,6-9,14,18H2,1-5H3/t30-,31+,32-,33+,34+/m1/s1. The van der Waals surface area contributed by atoms with Crippen LogP contribution in [0.25, 0.3) is 0 Å². The summed E-state index contributed by atoms with van der Waals surface area (Å²) in [6.45, 7) is 6.49. The normalized spacial score (nSPS) is 22.7. The van der Waals surface area contributed by atoms with Crippen molar-refractivity contribution in [2.75, 3.05) is 6.61 Å². The highest BCUT2D eigenvalue weighted by atomic mass is 16.7. The van der Waals surface area contributed by atoms with Gasteiger partial charge in [0, 0.05) is 33.3 Å². The van der Waals surface area contributed by atoms with Crippen molar-refractivity contribution in [3.63, 3.8) is 0 Å². The molecule has 2 aromatic rings. The molecular weight excluding hydrogens is 582 g/mol. The molecule has 0 spiro atoms. The molecule has 240 valence electrons. The Morgan fingerprint density at radius 2 is 1.44 bits per heavy atom. The highest BCUT2D eigenvalue weighted by molar-refractivity contribution is 5.69. The Hall–Kier alpha value is -4.43. The van der Waals surface area contributed by atoms with E-state index in [4.69, 9.17) is 28.4 Å². The van der Waals surface area contributed by atoms with E-state index < -0.39 is 54.4 Å². The largest absolute Gasteiger partial charge is 0.490 e. The molecule has 1 heterocycles. The number of benzene rings is 2. The molecule has 2 aromatic carbocycles. The third-order valence-corrected chi connectivity index (χ3v) is 7.83. The summed E-state index contributed by atoms with van der Waals surface area (Å²) in [5, 5.41) is 10.1.